The van der Waals surface area contributed by atoms with Crippen molar-refractivity contribution in [1.82, 2.24) is 19.9 Å². The summed E-state index contributed by atoms with van der Waals surface area (Å²) >= 11 is 0. The molecular weight excluding hydrogens is 230 g/mol. The Balaban J connectivity index is 1.92. The molecule has 0 saturated carbocycles. The number of aliphatic hydroxyl groups excluding tert-OH is 1. The number of nitrogens with one attached hydrogen (secondary N) is 2. The smallest absolute Gasteiger partial charge is 0.154 e. The van der Waals surface area contributed by atoms with Gasteiger partial charge in [0.15, 0.2) is 5.82 Å². The van der Waals surface area contributed by atoms with Gasteiger partial charge in [-0.1, -0.05) is 0 Å². The maximum Gasteiger partial charge on any atom is 0.154 e. The first-order valence-corrected chi connectivity index (χ1v) is 6.07. The second-order valence-corrected chi connectivity index (χ2v) is 4.36. The van der Waals surface area contributed by atoms with E-state index in [0.717, 1.165) is 29.9 Å². The molecule has 2 aromatic heterocycles. The van der Waals surface area contributed by atoms with Crippen LogP contribution in [-0.4, -0.2) is 45.4 Å². The van der Waals surface area contributed by atoms with Gasteiger partial charge in [0.05, 0.1) is 17.9 Å². The lowest BCUT2D eigenvalue weighted by atomic mass is 10.3. The van der Waals surface area contributed by atoms with Gasteiger partial charge in [-0.05, 0) is 13.0 Å². The monoisotopic (exact) mass is 249 g/mol. The Morgan fingerprint density at radius 3 is 3.00 bits per heavy atom. The molecule has 0 spiro atoms. The Hall–Kier alpha value is -1.66. The number of rotatable bonds is 6. The minimum absolute atomic E-state index is 0.317. The Morgan fingerprint density at radius 2 is 2.22 bits per heavy atom. The minimum atomic E-state index is -0.317. The van der Waals surface area contributed by atoms with Gasteiger partial charge in [-0.25, -0.2) is 9.97 Å². The highest BCUT2D eigenvalue weighted by molar-refractivity contribution is 5.85. The molecule has 2 heterocycles. The number of aromatic nitrogens is 3. The highest BCUT2D eigenvalue weighted by atomic mass is 16.3. The summed E-state index contributed by atoms with van der Waals surface area (Å²) in [5.41, 5.74) is 1.94. The van der Waals surface area contributed by atoms with Crippen LogP contribution in [0, 0.1) is 0 Å². The molecule has 0 amide bonds. The molecule has 0 radical (unpaired) electrons. The van der Waals surface area contributed by atoms with E-state index in [0.29, 0.717) is 6.54 Å². The Labute approximate surface area is 106 Å². The second kappa shape index (κ2) is 5.79. The van der Waals surface area contributed by atoms with Crippen LogP contribution in [0.1, 0.15) is 6.92 Å². The maximum absolute atomic E-state index is 9.10. The molecule has 1 atom stereocenters. The lowest BCUT2D eigenvalue weighted by molar-refractivity contribution is 0.192. The molecule has 0 saturated heterocycles. The summed E-state index contributed by atoms with van der Waals surface area (Å²) in [6.45, 7) is 3.88. The average molecular weight is 249 g/mol. The van der Waals surface area contributed by atoms with Gasteiger partial charge in [-0.2, -0.15) is 0 Å². The number of hydrogen-bond acceptors (Lipinski definition) is 5. The highest BCUT2D eigenvalue weighted by Crippen LogP contribution is 2.17. The minimum Gasteiger partial charge on any atom is -0.392 e. The van der Waals surface area contributed by atoms with Crippen LogP contribution in [0.4, 0.5) is 5.82 Å². The van der Waals surface area contributed by atoms with E-state index < -0.39 is 0 Å². The number of aryl methyl sites for hydroxylation is 1. The predicted octanol–water partition coefficient (Wildman–Crippen LogP) is 0.351. The highest BCUT2D eigenvalue weighted by Gasteiger charge is 2.05. The average Bonchev–Trinajstić information content (AvgIpc) is 2.71. The summed E-state index contributed by atoms with van der Waals surface area (Å²) in [6, 6.07) is 1.94. The third-order valence-electron chi connectivity index (χ3n) is 2.68. The predicted molar refractivity (Wildman–Crippen MR) is 71.5 cm³/mol. The summed E-state index contributed by atoms with van der Waals surface area (Å²) in [5.74, 6) is 0.798. The van der Waals surface area contributed by atoms with E-state index in [-0.39, 0.29) is 6.10 Å². The first kappa shape index (κ1) is 12.8. The Morgan fingerprint density at radius 1 is 1.39 bits per heavy atom. The number of fused-ring (bicyclic) bond motifs is 1. The summed E-state index contributed by atoms with van der Waals surface area (Å²) in [6.07, 6.45) is 3.24. The largest absolute Gasteiger partial charge is 0.392 e. The van der Waals surface area contributed by atoms with Crippen LogP contribution in [0.15, 0.2) is 18.6 Å². The van der Waals surface area contributed by atoms with E-state index in [2.05, 4.69) is 20.6 Å². The Kier molecular flexibility index (Phi) is 4.11. The van der Waals surface area contributed by atoms with Gasteiger partial charge in [-0.15, -0.1) is 0 Å². The van der Waals surface area contributed by atoms with Crippen LogP contribution in [-0.2, 0) is 7.05 Å². The lowest BCUT2D eigenvalue weighted by Gasteiger charge is -2.08. The quantitative estimate of drug-likeness (QED) is 0.644. The van der Waals surface area contributed by atoms with Crippen LogP contribution < -0.4 is 10.6 Å². The van der Waals surface area contributed by atoms with Gasteiger partial charge in [-0.3, -0.25) is 0 Å². The first-order chi connectivity index (χ1) is 8.68. The molecule has 6 nitrogen and oxygen atoms in total. The van der Waals surface area contributed by atoms with Crippen LogP contribution >= 0.6 is 0 Å². The van der Waals surface area contributed by atoms with E-state index in [1.54, 1.807) is 19.4 Å². The van der Waals surface area contributed by atoms with Crippen molar-refractivity contribution in [1.29, 1.82) is 0 Å². The van der Waals surface area contributed by atoms with Crippen LogP contribution in [0.25, 0.3) is 11.0 Å². The van der Waals surface area contributed by atoms with E-state index in [9.17, 15) is 0 Å². The first-order valence-electron chi connectivity index (χ1n) is 6.07. The van der Waals surface area contributed by atoms with Gasteiger partial charge in [0.2, 0.25) is 0 Å². The zero-order chi connectivity index (χ0) is 13.0. The molecule has 0 aliphatic carbocycles. The molecule has 18 heavy (non-hydrogen) atoms. The van der Waals surface area contributed by atoms with Crippen molar-refractivity contribution in [3.05, 3.63) is 18.6 Å². The van der Waals surface area contributed by atoms with Gasteiger partial charge in [0, 0.05) is 32.9 Å². The molecule has 2 rings (SSSR count). The molecule has 2 aromatic rings. The third kappa shape index (κ3) is 2.96. The summed E-state index contributed by atoms with van der Waals surface area (Å²) in [5, 5.41) is 15.5. The van der Waals surface area contributed by atoms with E-state index in [1.807, 2.05) is 17.7 Å². The molecule has 3 N–H and O–H groups in total. The van der Waals surface area contributed by atoms with Crippen molar-refractivity contribution < 1.29 is 5.11 Å². The lowest BCUT2D eigenvalue weighted by Crippen LogP contribution is -2.29. The Bertz CT molecular complexity index is 508. The maximum atomic E-state index is 9.10. The van der Waals surface area contributed by atoms with Crippen LogP contribution in [0.5, 0.6) is 0 Å². The topological polar surface area (TPSA) is 75.0 Å². The number of pyridine rings is 1. The summed E-state index contributed by atoms with van der Waals surface area (Å²) in [7, 11) is 1.96. The molecule has 0 aliphatic rings. The molecule has 0 fully saturated rings. The van der Waals surface area contributed by atoms with Crippen molar-refractivity contribution in [3.8, 4) is 0 Å². The molecule has 1 unspecified atom stereocenters. The molecule has 6 heteroatoms. The van der Waals surface area contributed by atoms with Crippen LogP contribution in [0.3, 0.4) is 0 Å². The fourth-order valence-electron chi connectivity index (χ4n) is 1.77. The standard InChI is InChI=1S/C12H19N5O/c1-9(18)7-13-5-6-15-12-11-10(3-4-14-12)17(2)8-16-11/h3-4,8-9,13,18H,5-7H2,1-2H3,(H,14,15). The number of nitrogens with zero attached hydrogens (tertiary/aromatic N) is 3. The van der Waals surface area contributed by atoms with Crippen molar-refractivity contribution in [3.63, 3.8) is 0 Å². The van der Waals surface area contributed by atoms with Gasteiger partial charge in [0.25, 0.3) is 0 Å². The molecule has 0 aromatic carbocycles. The molecule has 0 aliphatic heterocycles. The van der Waals surface area contributed by atoms with Crippen molar-refractivity contribution in [2.45, 2.75) is 13.0 Å². The normalized spacial score (nSPS) is 12.8. The zero-order valence-corrected chi connectivity index (χ0v) is 10.7. The van der Waals surface area contributed by atoms with Crippen LogP contribution in [0.2, 0.25) is 0 Å². The van der Waals surface area contributed by atoms with Gasteiger partial charge < -0.3 is 20.3 Å². The van der Waals surface area contributed by atoms with E-state index in [4.69, 9.17) is 5.11 Å². The number of imidazole rings is 1. The molecular formula is C12H19N5O. The number of aliphatic hydroxyl groups is 1. The summed E-state index contributed by atoms with van der Waals surface area (Å²) < 4.78 is 1.97. The van der Waals surface area contributed by atoms with Gasteiger partial charge >= 0.3 is 0 Å². The van der Waals surface area contributed by atoms with Gasteiger partial charge in [0.1, 0.15) is 5.52 Å². The van der Waals surface area contributed by atoms with Crippen molar-refractivity contribution in [2.75, 3.05) is 25.0 Å². The molecule has 98 valence electrons. The third-order valence-corrected chi connectivity index (χ3v) is 2.68. The number of anilines is 1. The van der Waals surface area contributed by atoms with E-state index >= 15 is 0 Å². The SMILES string of the molecule is CC(O)CNCCNc1nccc2c1ncn2C. The van der Waals surface area contributed by atoms with Crippen molar-refractivity contribution >= 4 is 16.9 Å². The summed E-state index contributed by atoms with van der Waals surface area (Å²) in [4.78, 5) is 8.61. The number of hydrogen-bond donors (Lipinski definition) is 3. The van der Waals surface area contributed by atoms with Crippen molar-refractivity contribution in [2.24, 2.45) is 7.05 Å². The fraction of sp³-hybridized carbons (Fsp3) is 0.500. The van der Waals surface area contributed by atoms with E-state index in [1.165, 1.54) is 0 Å². The molecule has 0 bridgehead atoms. The fourth-order valence-corrected chi connectivity index (χ4v) is 1.77. The zero-order valence-electron chi connectivity index (χ0n) is 10.7. The second-order valence-electron chi connectivity index (χ2n) is 4.36.